The minimum absolute atomic E-state index is 0.0371. The molecule has 0 atom stereocenters. The third kappa shape index (κ3) is 3.43. The summed E-state index contributed by atoms with van der Waals surface area (Å²) in [4.78, 5) is 0. The van der Waals surface area contributed by atoms with Crippen LogP contribution in [-0.2, 0) is 5.41 Å². The Bertz CT molecular complexity index is 730. The van der Waals surface area contributed by atoms with Crippen LogP contribution in [0.1, 0.15) is 64.5 Å². The van der Waals surface area contributed by atoms with E-state index in [0.29, 0.717) is 0 Å². The van der Waals surface area contributed by atoms with Gasteiger partial charge in [-0.3, -0.25) is 0 Å². The second-order valence-corrected chi connectivity index (χ2v) is 8.49. The molecule has 0 unspecified atom stereocenters. The van der Waals surface area contributed by atoms with E-state index in [1.165, 1.54) is 29.5 Å². The van der Waals surface area contributed by atoms with Crippen LogP contribution in [0.5, 0.6) is 0 Å². The van der Waals surface area contributed by atoms with Gasteiger partial charge in [0.05, 0.1) is 0 Å². The Morgan fingerprint density at radius 3 is 1.81 bits per heavy atom. The topological polar surface area (TPSA) is 0 Å². The third-order valence-corrected chi connectivity index (χ3v) is 5.69. The largest absolute Gasteiger partial charge is 0.0801 e. The Labute approximate surface area is 159 Å². The lowest BCUT2D eigenvalue weighted by Crippen LogP contribution is -2.32. The Morgan fingerprint density at radius 2 is 1.35 bits per heavy atom. The van der Waals surface area contributed by atoms with E-state index in [2.05, 4.69) is 101 Å². The maximum Gasteiger partial charge on any atom is 0.0420 e. The van der Waals surface area contributed by atoms with Crippen molar-refractivity contribution in [2.45, 2.75) is 58.8 Å². The highest BCUT2D eigenvalue weighted by Crippen LogP contribution is 2.50. The average molecular weight is 345 g/mol. The van der Waals surface area contributed by atoms with Crippen LogP contribution >= 0.6 is 0 Å². The number of rotatable bonds is 6. The molecule has 0 aromatic heterocycles. The second-order valence-electron chi connectivity index (χ2n) is 8.49. The van der Waals surface area contributed by atoms with Crippen molar-refractivity contribution in [1.29, 1.82) is 0 Å². The van der Waals surface area contributed by atoms with E-state index in [0.717, 1.165) is 12.8 Å². The smallest absolute Gasteiger partial charge is 0.0420 e. The maximum atomic E-state index is 2.38. The normalized spacial score (nSPS) is 14.9. The highest BCUT2D eigenvalue weighted by molar-refractivity contribution is 5.55. The van der Waals surface area contributed by atoms with Gasteiger partial charge in [0, 0.05) is 5.41 Å². The first kappa shape index (κ1) is 18.7. The van der Waals surface area contributed by atoms with Crippen LogP contribution in [0.2, 0.25) is 0 Å². The number of allylic oxidation sites excluding steroid dienone is 4. The summed E-state index contributed by atoms with van der Waals surface area (Å²) in [5.41, 5.74) is 6.09. The van der Waals surface area contributed by atoms with Gasteiger partial charge in [0.1, 0.15) is 0 Å². The molecule has 1 aliphatic carbocycles. The highest BCUT2D eigenvalue weighted by atomic mass is 14.4. The molecule has 0 amide bonds. The lowest BCUT2D eigenvalue weighted by Gasteiger charge is -2.40. The van der Waals surface area contributed by atoms with Crippen LogP contribution in [0.15, 0.2) is 84.0 Å². The predicted octanol–water partition coefficient (Wildman–Crippen LogP) is 7.47. The summed E-state index contributed by atoms with van der Waals surface area (Å²) in [5, 5.41) is 0. The summed E-state index contributed by atoms with van der Waals surface area (Å²) in [6.45, 7) is 9.34. The van der Waals surface area contributed by atoms with Gasteiger partial charge in [-0.05, 0) is 40.5 Å². The number of hydrogen-bond acceptors (Lipinski definition) is 0. The van der Waals surface area contributed by atoms with Gasteiger partial charge in [0.2, 0.25) is 0 Å². The zero-order valence-corrected chi connectivity index (χ0v) is 16.8. The molecule has 0 saturated carbocycles. The van der Waals surface area contributed by atoms with Crippen molar-refractivity contribution in [3.05, 3.63) is 95.1 Å². The van der Waals surface area contributed by atoms with Crippen LogP contribution in [0.25, 0.3) is 0 Å². The fourth-order valence-corrected chi connectivity index (χ4v) is 4.45. The fourth-order valence-electron chi connectivity index (χ4n) is 4.45. The standard InChI is InChI=1S/C26H32/c1-5-6-20-26(21-14-9-7-10-15-21,22-16-11-8-12-17-22)24-19-13-18-23(24)25(2,3)4/h7-18H,5-6,19-20H2,1-4H3. The van der Waals surface area contributed by atoms with Gasteiger partial charge in [0.25, 0.3) is 0 Å². The zero-order chi connectivity index (χ0) is 18.6. The monoisotopic (exact) mass is 344 g/mol. The molecular formula is C26H32. The molecule has 1 aliphatic rings. The molecule has 0 fully saturated rings. The van der Waals surface area contributed by atoms with Crippen LogP contribution in [0, 0.1) is 5.41 Å². The molecule has 0 heteroatoms. The Hall–Kier alpha value is -2.08. The van der Waals surface area contributed by atoms with Crippen LogP contribution in [0.3, 0.4) is 0 Å². The van der Waals surface area contributed by atoms with E-state index in [4.69, 9.17) is 0 Å². The van der Waals surface area contributed by atoms with Gasteiger partial charge in [-0.15, -0.1) is 0 Å². The predicted molar refractivity (Wildman–Crippen MR) is 113 cm³/mol. The van der Waals surface area contributed by atoms with Gasteiger partial charge in [0.15, 0.2) is 0 Å². The molecule has 136 valence electrons. The van der Waals surface area contributed by atoms with E-state index in [-0.39, 0.29) is 10.8 Å². The molecule has 26 heavy (non-hydrogen) atoms. The first-order chi connectivity index (χ1) is 12.5. The third-order valence-electron chi connectivity index (χ3n) is 5.69. The van der Waals surface area contributed by atoms with E-state index >= 15 is 0 Å². The van der Waals surface area contributed by atoms with E-state index in [9.17, 15) is 0 Å². The van der Waals surface area contributed by atoms with Crippen molar-refractivity contribution in [1.82, 2.24) is 0 Å². The van der Waals surface area contributed by atoms with Crippen molar-refractivity contribution in [2.24, 2.45) is 5.41 Å². The molecule has 0 N–H and O–H groups in total. The van der Waals surface area contributed by atoms with Crippen LogP contribution < -0.4 is 0 Å². The van der Waals surface area contributed by atoms with Crippen molar-refractivity contribution in [3.63, 3.8) is 0 Å². The Balaban J connectivity index is 2.31. The Morgan fingerprint density at radius 1 is 0.808 bits per heavy atom. The quantitative estimate of drug-likeness (QED) is 0.510. The second kappa shape index (κ2) is 7.66. The molecule has 0 radical (unpaired) electrons. The summed E-state index contributed by atoms with van der Waals surface area (Å²) in [6.07, 6.45) is 9.40. The van der Waals surface area contributed by atoms with Crippen molar-refractivity contribution < 1.29 is 0 Å². The van der Waals surface area contributed by atoms with E-state index < -0.39 is 0 Å². The summed E-state index contributed by atoms with van der Waals surface area (Å²) < 4.78 is 0. The summed E-state index contributed by atoms with van der Waals surface area (Å²) in [6, 6.07) is 22.3. The van der Waals surface area contributed by atoms with Gasteiger partial charge in [-0.25, -0.2) is 0 Å². The molecule has 0 saturated heterocycles. The van der Waals surface area contributed by atoms with E-state index in [1.54, 1.807) is 5.57 Å². The molecule has 2 aromatic carbocycles. The van der Waals surface area contributed by atoms with Crippen molar-refractivity contribution in [3.8, 4) is 0 Å². The van der Waals surface area contributed by atoms with Crippen molar-refractivity contribution in [2.75, 3.05) is 0 Å². The van der Waals surface area contributed by atoms with Crippen LogP contribution in [-0.4, -0.2) is 0 Å². The van der Waals surface area contributed by atoms with Gasteiger partial charge >= 0.3 is 0 Å². The Kier molecular flexibility index (Phi) is 5.51. The molecule has 0 nitrogen and oxygen atoms in total. The maximum absolute atomic E-state index is 2.38. The first-order valence-electron chi connectivity index (χ1n) is 10.0. The molecule has 2 aromatic rings. The molecule has 0 heterocycles. The first-order valence-corrected chi connectivity index (χ1v) is 10.0. The summed E-state index contributed by atoms with van der Waals surface area (Å²) in [5.74, 6) is 0. The van der Waals surface area contributed by atoms with E-state index in [1.807, 2.05) is 0 Å². The minimum atomic E-state index is -0.0371. The molecule has 0 spiro atoms. The number of benzene rings is 2. The summed E-state index contributed by atoms with van der Waals surface area (Å²) >= 11 is 0. The van der Waals surface area contributed by atoms with Gasteiger partial charge in [-0.2, -0.15) is 0 Å². The number of hydrogen-bond donors (Lipinski definition) is 0. The lowest BCUT2D eigenvalue weighted by atomic mass is 9.63. The van der Waals surface area contributed by atoms with Crippen molar-refractivity contribution >= 4 is 0 Å². The molecule has 0 bridgehead atoms. The fraction of sp³-hybridized carbons (Fsp3) is 0.385. The lowest BCUT2D eigenvalue weighted by molar-refractivity contribution is 0.469. The average Bonchev–Trinajstić information content (AvgIpc) is 3.15. The highest BCUT2D eigenvalue weighted by Gasteiger charge is 2.40. The molecule has 0 aliphatic heterocycles. The van der Waals surface area contributed by atoms with Gasteiger partial charge < -0.3 is 0 Å². The minimum Gasteiger partial charge on any atom is -0.0801 e. The van der Waals surface area contributed by atoms with Gasteiger partial charge in [-0.1, -0.05) is 113 Å². The molecule has 3 rings (SSSR count). The number of unbranched alkanes of at least 4 members (excludes halogenated alkanes) is 1. The van der Waals surface area contributed by atoms with Crippen LogP contribution in [0.4, 0.5) is 0 Å². The zero-order valence-electron chi connectivity index (χ0n) is 16.8. The summed E-state index contributed by atoms with van der Waals surface area (Å²) in [7, 11) is 0. The SMILES string of the molecule is CCCCC(C1=C(C(C)(C)C)C=CC1)(c1ccccc1)c1ccccc1. The molecular weight excluding hydrogens is 312 g/mol.